The zero-order valence-corrected chi connectivity index (χ0v) is 7.10. The summed E-state index contributed by atoms with van der Waals surface area (Å²) in [6.07, 6.45) is 4.39. The quantitative estimate of drug-likeness (QED) is 0.521. The molecule has 0 aromatic rings. The van der Waals surface area contributed by atoms with Gasteiger partial charge in [-0.1, -0.05) is 0 Å². The van der Waals surface area contributed by atoms with Crippen LogP contribution in [0.25, 0.3) is 0 Å². The lowest BCUT2D eigenvalue weighted by Gasteiger charge is -2.37. The molecule has 62 valence electrons. The van der Waals surface area contributed by atoms with Crippen molar-refractivity contribution in [1.29, 1.82) is 0 Å². The number of ketones is 1. The average molecular weight is 153 g/mol. The third-order valence-corrected chi connectivity index (χ3v) is 3.25. The maximum atomic E-state index is 11.5. The van der Waals surface area contributed by atoms with Crippen LogP contribution in [0.2, 0.25) is 0 Å². The van der Waals surface area contributed by atoms with Gasteiger partial charge < -0.3 is 0 Å². The summed E-state index contributed by atoms with van der Waals surface area (Å²) in [5.74, 6) is 0.470. The van der Waals surface area contributed by atoms with Crippen molar-refractivity contribution in [3.05, 3.63) is 0 Å². The van der Waals surface area contributed by atoms with Crippen LogP contribution in [0, 0.1) is 0 Å². The lowest BCUT2D eigenvalue weighted by molar-refractivity contribution is -0.125. The smallest absolute Gasteiger partial charge is 0.154 e. The summed E-state index contributed by atoms with van der Waals surface area (Å²) in [5.41, 5.74) is -0.0573. The molecule has 0 aromatic heterocycles. The van der Waals surface area contributed by atoms with Gasteiger partial charge >= 0.3 is 0 Å². The van der Waals surface area contributed by atoms with E-state index in [9.17, 15) is 4.79 Å². The second kappa shape index (κ2) is 2.31. The van der Waals surface area contributed by atoms with Crippen LogP contribution in [-0.2, 0) is 4.79 Å². The van der Waals surface area contributed by atoms with Gasteiger partial charge in [-0.15, -0.1) is 0 Å². The Morgan fingerprint density at radius 1 is 1.36 bits per heavy atom. The van der Waals surface area contributed by atoms with Crippen LogP contribution in [0.3, 0.4) is 0 Å². The van der Waals surface area contributed by atoms with Crippen molar-refractivity contribution in [2.75, 3.05) is 13.1 Å². The van der Waals surface area contributed by atoms with E-state index >= 15 is 0 Å². The van der Waals surface area contributed by atoms with Crippen molar-refractivity contribution in [1.82, 2.24) is 4.90 Å². The molecule has 1 unspecified atom stereocenters. The fourth-order valence-electron chi connectivity index (χ4n) is 2.36. The van der Waals surface area contributed by atoms with Crippen LogP contribution in [0.1, 0.15) is 32.6 Å². The maximum absolute atomic E-state index is 11.5. The summed E-state index contributed by atoms with van der Waals surface area (Å²) >= 11 is 0. The van der Waals surface area contributed by atoms with Gasteiger partial charge in [-0.25, -0.2) is 0 Å². The molecular formula is C9H15NO. The van der Waals surface area contributed by atoms with E-state index in [0.717, 1.165) is 25.9 Å². The first-order valence-corrected chi connectivity index (χ1v) is 4.52. The summed E-state index contributed by atoms with van der Waals surface area (Å²) < 4.78 is 0. The minimum absolute atomic E-state index is 0.0573. The number of Topliss-reactive ketones (excluding diaryl/α,β-unsaturated/α-hetero) is 1. The molecule has 0 saturated carbocycles. The van der Waals surface area contributed by atoms with Gasteiger partial charge in [0.2, 0.25) is 0 Å². The van der Waals surface area contributed by atoms with Gasteiger partial charge in [-0.2, -0.15) is 0 Å². The average Bonchev–Trinajstić information content (AvgIpc) is 2.29. The van der Waals surface area contributed by atoms with Gasteiger partial charge in [-0.3, -0.25) is 9.69 Å². The maximum Gasteiger partial charge on any atom is 0.154 e. The Hall–Kier alpha value is -0.370. The third kappa shape index (κ3) is 0.924. The number of rotatable bonds is 0. The Labute approximate surface area is 67.6 Å². The van der Waals surface area contributed by atoms with Gasteiger partial charge in [0.25, 0.3) is 0 Å². The lowest BCUT2D eigenvalue weighted by Crippen LogP contribution is -2.48. The molecule has 2 fully saturated rings. The number of hydrogen-bond donors (Lipinski definition) is 0. The molecule has 11 heavy (non-hydrogen) atoms. The Balaban J connectivity index is 2.23. The second-order valence-corrected chi connectivity index (χ2v) is 3.89. The normalized spacial score (nSPS) is 39.2. The Kier molecular flexibility index (Phi) is 1.53. The standard InChI is InChI=1S/C9H15NO/c1-9-5-2-3-6-10(9)7-4-8(9)11/h2-7H2,1H3. The number of carbonyl (C=O) groups is 1. The van der Waals surface area contributed by atoms with Crippen LogP contribution in [0.4, 0.5) is 0 Å². The second-order valence-electron chi connectivity index (χ2n) is 3.89. The topological polar surface area (TPSA) is 20.3 Å². The number of nitrogens with zero attached hydrogens (tertiary/aromatic N) is 1. The van der Waals surface area contributed by atoms with Gasteiger partial charge in [0.05, 0.1) is 5.54 Å². The molecule has 2 rings (SSSR count). The van der Waals surface area contributed by atoms with E-state index in [1.54, 1.807) is 0 Å². The molecule has 0 N–H and O–H groups in total. The van der Waals surface area contributed by atoms with E-state index in [1.165, 1.54) is 12.8 Å². The molecule has 0 amide bonds. The SMILES string of the molecule is CC12CCCCN1CCC2=O. The molecule has 2 aliphatic rings. The van der Waals surface area contributed by atoms with E-state index in [-0.39, 0.29) is 5.54 Å². The zero-order chi connectivity index (χ0) is 7.90. The van der Waals surface area contributed by atoms with Gasteiger partial charge in [0.15, 0.2) is 5.78 Å². The first kappa shape index (κ1) is 7.29. The lowest BCUT2D eigenvalue weighted by atomic mass is 9.88. The molecule has 2 nitrogen and oxygen atoms in total. The molecular weight excluding hydrogens is 138 g/mol. The number of carbonyl (C=O) groups excluding carboxylic acids is 1. The molecule has 2 heterocycles. The molecule has 2 heteroatoms. The predicted octanol–water partition coefficient (Wildman–Crippen LogP) is 1.20. The monoisotopic (exact) mass is 153 g/mol. The summed E-state index contributed by atoms with van der Waals surface area (Å²) in [4.78, 5) is 13.8. The van der Waals surface area contributed by atoms with Crippen LogP contribution in [0.5, 0.6) is 0 Å². The molecule has 0 aromatic carbocycles. The van der Waals surface area contributed by atoms with Crippen molar-refractivity contribution in [3.63, 3.8) is 0 Å². The third-order valence-electron chi connectivity index (χ3n) is 3.25. The Bertz CT molecular complexity index is 190. The molecule has 0 radical (unpaired) electrons. The Morgan fingerprint density at radius 2 is 2.18 bits per heavy atom. The summed E-state index contributed by atoms with van der Waals surface area (Å²) in [6.45, 7) is 4.26. The molecule has 2 aliphatic heterocycles. The fourth-order valence-corrected chi connectivity index (χ4v) is 2.36. The van der Waals surface area contributed by atoms with Crippen molar-refractivity contribution < 1.29 is 4.79 Å². The molecule has 0 bridgehead atoms. The fraction of sp³-hybridized carbons (Fsp3) is 0.889. The van der Waals surface area contributed by atoms with E-state index in [1.807, 2.05) is 0 Å². The zero-order valence-electron chi connectivity index (χ0n) is 7.10. The van der Waals surface area contributed by atoms with Crippen LogP contribution in [-0.4, -0.2) is 29.3 Å². The number of fused-ring (bicyclic) bond motifs is 1. The van der Waals surface area contributed by atoms with Crippen LogP contribution < -0.4 is 0 Å². The van der Waals surface area contributed by atoms with Gasteiger partial charge in [0, 0.05) is 13.0 Å². The van der Waals surface area contributed by atoms with Crippen molar-refractivity contribution in [2.45, 2.75) is 38.1 Å². The minimum Gasteiger partial charge on any atom is -0.298 e. The highest BCUT2D eigenvalue weighted by molar-refractivity contribution is 5.90. The highest BCUT2D eigenvalue weighted by Crippen LogP contribution is 2.34. The minimum atomic E-state index is -0.0573. The van der Waals surface area contributed by atoms with Crippen molar-refractivity contribution in [2.24, 2.45) is 0 Å². The van der Waals surface area contributed by atoms with Crippen molar-refractivity contribution in [3.8, 4) is 0 Å². The largest absolute Gasteiger partial charge is 0.298 e. The van der Waals surface area contributed by atoms with Gasteiger partial charge in [-0.05, 0) is 32.7 Å². The summed E-state index contributed by atoms with van der Waals surface area (Å²) in [6, 6.07) is 0. The first-order valence-electron chi connectivity index (χ1n) is 4.52. The predicted molar refractivity (Wildman–Crippen MR) is 43.5 cm³/mol. The Morgan fingerprint density at radius 3 is 2.91 bits per heavy atom. The van der Waals surface area contributed by atoms with E-state index < -0.39 is 0 Å². The van der Waals surface area contributed by atoms with E-state index in [2.05, 4.69) is 11.8 Å². The molecule has 0 aliphatic carbocycles. The summed E-state index contributed by atoms with van der Waals surface area (Å²) in [5, 5.41) is 0. The van der Waals surface area contributed by atoms with Crippen LogP contribution >= 0.6 is 0 Å². The first-order chi connectivity index (χ1) is 5.23. The molecule has 0 spiro atoms. The number of piperidine rings is 1. The van der Waals surface area contributed by atoms with Gasteiger partial charge in [0.1, 0.15) is 0 Å². The van der Waals surface area contributed by atoms with Crippen molar-refractivity contribution >= 4 is 5.78 Å². The van der Waals surface area contributed by atoms with Crippen LogP contribution in [0.15, 0.2) is 0 Å². The van der Waals surface area contributed by atoms with E-state index in [4.69, 9.17) is 0 Å². The molecule has 1 atom stereocenters. The highest BCUT2D eigenvalue weighted by atomic mass is 16.1. The summed E-state index contributed by atoms with van der Waals surface area (Å²) in [7, 11) is 0. The number of hydrogen-bond acceptors (Lipinski definition) is 2. The van der Waals surface area contributed by atoms with E-state index in [0.29, 0.717) is 5.78 Å². The highest BCUT2D eigenvalue weighted by Gasteiger charge is 2.44. The molecule has 2 saturated heterocycles.